The number of tetrazole rings is 1. The topological polar surface area (TPSA) is 129 Å². The van der Waals surface area contributed by atoms with Crippen molar-refractivity contribution in [2.24, 2.45) is 0 Å². The number of H-pyrrole nitrogens is 2. The number of carbonyl (C=O) groups excluding carboxylic acids is 1. The molecule has 9 heteroatoms. The Hall–Kier alpha value is -4.94. The van der Waals surface area contributed by atoms with E-state index in [0.717, 1.165) is 27.6 Å². The van der Waals surface area contributed by atoms with Crippen LogP contribution in [0.1, 0.15) is 40.9 Å². The van der Waals surface area contributed by atoms with E-state index in [1.165, 1.54) is 0 Å². The number of aromatic nitrogens is 5. The average Bonchev–Trinajstić information content (AvgIpc) is 3.63. The lowest BCUT2D eigenvalue weighted by Gasteiger charge is -2.19. The number of rotatable bonds is 8. The lowest BCUT2D eigenvalue weighted by Crippen LogP contribution is -2.39. The molecule has 39 heavy (non-hydrogen) atoms. The van der Waals surface area contributed by atoms with Crippen LogP contribution in [0.2, 0.25) is 0 Å². The highest BCUT2D eigenvalue weighted by atomic mass is 16.5. The summed E-state index contributed by atoms with van der Waals surface area (Å²) in [5, 5.41) is 28.1. The minimum Gasteiger partial charge on any atom is -0.490 e. The molecular weight excluding hydrogens is 492 g/mol. The van der Waals surface area contributed by atoms with Crippen LogP contribution in [0, 0.1) is 11.8 Å². The van der Waals surface area contributed by atoms with Gasteiger partial charge in [-0.2, -0.15) is 5.21 Å². The maximum atomic E-state index is 13.4. The van der Waals surface area contributed by atoms with Gasteiger partial charge in [0.25, 0.3) is 5.91 Å². The van der Waals surface area contributed by atoms with Gasteiger partial charge >= 0.3 is 0 Å². The fourth-order valence-corrected chi connectivity index (χ4v) is 4.26. The summed E-state index contributed by atoms with van der Waals surface area (Å²) >= 11 is 0. The predicted octanol–water partition coefficient (Wildman–Crippen LogP) is 3.87. The van der Waals surface area contributed by atoms with E-state index in [0.29, 0.717) is 29.1 Å². The number of fused-ring (bicyclic) bond motifs is 1. The van der Waals surface area contributed by atoms with Crippen LogP contribution < -0.4 is 10.1 Å². The molecule has 0 spiro atoms. The molecule has 0 radical (unpaired) electrons. The van der Waals surface area contributed by atoms with Crippen molar-refractivity contribution in [1.29, 1.82) is 0 Å². The smallest absolute Gasteiger partial charge is 0.255 e. The van der Waals surface area contributed by atoms with E-state index in [9.17, 15) is 9.90 Å². The highest BCUT2D eigenvalue weighted by Crippen LogP contribution is 2.23. The Morgan fingerprint density at radius 2 is 1.82 bits per heavy atom. The van der Waals surface area contributed by atoms with E-state index < -0.39 is 6.04 Å². The zero-order valence-corrected chi connectivity index (χ0v) is 21.6. The molecule has 1 amide bonds. The summed E-state index contributed by atoms with van der Waals surface area (Å²) in [6.07, 6.45) is 2.27. The minimum absolute atomic E-state index is 0.119. The molecule has 9 nitrogen and oxygen atoms in total. The molecule has 4 N–H and O–H groups in total. The van der Waals surface area contributed by atoms with Crippen molar-refractivity contribution in [3.8, 4) is 29.0 Å². The van der Waals surface area contributed by atoms with Gasteiger partial charge < -0.3 is 20.1 Å². The second kappa shape index (κ2) is 11.6. The van der Waals surface area contributed by atoms with Crippen LogP contribution in [-0.2, 0) is 6.42 Å². The summed E-state index contributed by atoms with van der Waals surface area (Å²) in [6.45, 7) is 3.60. The van der Waals surface area contributed by atoms with Crippen LogP contribution in [0.3, 0.4) is 0 Å². The lowest BCUT2D eigenvalue weighted by atomic mass is 10.0. The van der Waals surface area contributed by atoms with Crippen LogP contribution >= 0.6 is 0 Å². The number of amides is 1. The number of aromatic amines is 2. The molecule has 0 aliphatic heterocycles. The summed E-state index contributed by atoms with van der Waals surface area (Å²) < 4.78 is 5.92. The Bertz CT molecular complexity index is 1630. The molecule has 2 heterocycles. The van der Waals surface area contributed by atoms with Crippen molar-refractivity contribution in [2.45, 2.75) is 32.4 Å². The molecule has 3 aromatic carbocycles. The van der Waals surface area contributed by atoms with Crippen molar-refractivity contribution in [1.82, 2.24) is 30.9 Å². The highest BCUT2D eigenvalue weighted by Gasteiger charge is 2.19. The average molecular weight is 521 g/mol. The van der Waals surface area contributed by atoms with Gasteiger partial charge in [-0.15, -0.1) is 10.2 Å². The molecule has 0 unspecified atom stereocenters. The van der Waals surface area contributed by atoms with E-state index >= 15 is 0 Å². The second-order valence-corrected chi connectivity index (χ2v) is 9.36. The lowest BCUT2D eigenvalue weighted by molar-refractivity contribution is 0.0910. The maximum Gasteiger partial charge on any atom is 0.255 e. The van der Waals surface area contributed by atoms with Crippen molar-refractivity contribution < 1.29 is 14.6 Å². The number of nitrogens with one attached hydrogen (secondary N) is 3. The van der Waals surface area contributed by atoms with E-state index in [2.05, 4.69) is 42.8 Å². The first-order valence-corrected chi connectivity index (χ1v) is 12.6. The largest absolute Gasteiger partial charge is 0.490 e. The zero-order chi connectivity index (χ0) is 27.2. The van der Waals surface area contributed by atoms with Gasteiger partial charge in [0.15, 0.2) is 0 Å². The fourth-order valence-electron chi connectivity index (χ4n) is 4.26. The number of nitrogens with zero attached hydrogens (tertiary/aromatic N) is 3. The minimum atomic E-state index is -0.476. The second-order valence-electron chi connectivity index (χ2n) is 9.36. The fraction of sp³-hybridized carbons (Fsp3) is 0.200. The van der Waals surface area contributed by atoms with Crippen molar-refractivity contribution in [2.75, 3.05) is 6.61 Å². The molecule has 0 aliphatic carbocycles. The molecule has 1 atom stereocenters. The van der Waals surface area contributed by atoms with Crippen LogP contribution in [0.5, 0.6) is 5.75 Å². The molecule has 5 aromatic rings. The predicted molar refractivity (Wildman–Crippen MR) is 148 cm³/mol. The molecule has 196 valence electrons. The summed E-state index contributed by atoms with van der Waals surface area (Å²) in [5.74, 6) is 6.89. The van der Waals surface area contributed by atoms with Crippen molar-refractivity contribution >= 4 is 16.8 Å². The standard InChI is InChI=1S/C30H28N6O3/c1-19(2)39-28-14-11-21(8-7-20-9-12-22(13-10-20)29-33-35-36-34-29)15-26(28)30(38)32-24(18-37)16-23-17-31-27-6-4-3-5-25(23)27/h3-6,9-15,17,19,24,31,37H,16,18H2,1-2H3,(H,32,38)(H,33,34,35,36)/t24-/m1/s1. The van der Waals surface area contributed by atoms with Gasteiger partial charge in [0.05, 0.1) is 24.3 Å². The van der Waals surface area contributed by atoms with Gasteiger partial charge in [-0.25, -0.2) is 0 Å². The molecule has 0 saturated heterocycles. The SMILES string of the molecule is CC(C)Oc1ccc(C#Cc2ccc(-c3nn[nH]n3)cc2)cc1C(=O)N[C@@H](CO)Cc1c[nH]c2ccccc12. The summed E-state index contributed by atoms with van der Waals surface area (Å²) in [4.78, 5) is 16.6. The Morgan fingerprint density at radius 1 is 1.05 bits per heavy atom. The van der Waals surface area contributed by atoms with Gasteiger partial charge in [0.1, 0.15) is 5.75 Å². The van der Waals surface area contributed by atoms with Gasteiger partial charge in [0.2, 0.25) is 5.82 Å². The van der Waals surface area contributed by atoms with E-state index in [4.69, 9.17) is 4.74 Å². The first-order valence-electron chi connectivity index (χ1n) is 12.6. The Labute approximate surface area is 225 Å². The normalized spacial score (nSPS) is 11.7. The molecule has 5 rings (SSSR count). The van der Waals surface area contributed by atoms with Crippen molar-refractivity contribution in [3.05, 3.63) is 95.2 Å². The number of hydrogen-bond acceptors (Lipinski definition) is 6. The molecule has 0 bridgehead atoms. The number of carbonyl (C=O) groups is 1. The molecule has 2 aromatic heterocycles. The Kier molecular flexibility index (Phi) is 7.66. The number of hydrogen-bond donors (Lipinski definition) is 4. The van der Waals surface area contributed by atoms with Crippen LogP contribution in [0.15, 0.2) is 72.9 Å². The first-order chi connectivity index (χ1) is 19.0. The number of benzene rings is 3. The third-order valence-corrected chi connectivity index (χ3v) is 6.12. The molecule has 0 saturated carbocycles. The van der Waals surface area contributed by atoms with Crippen molar-refractivity contribution in [3.63, 3.8) is 0 Å². The molecule has 0 aliphatic rings. The zero-order valence-electron chi connectivity index (χ0n) is 21.6. The molecule has 0 fully saturated rings. The number of aliphatic hydroxyl groups excluding tert-OH is 1. The number of ether oxygens (including phenoxy) is 1. The molecular formula is C30H28N6O3. The van der Waals surface area contributed by atoms with Gasteiger partial charge in [-0.3, -0.25) is 4.79 Å². The summed E-state index contributed by atoms with van der Waals surface area (Å²) in [5.41, 5.74) is 4.69. The first kappa shape index (κ1) is 25.7. The Morgan fingerprint density at radius 3 is 2.56 bits per heavy atom. The maximum absolute atomic E-state index is 13.4. The van der Waals surface area contributed by atoms with Crippen LogP contribution in [0.4, 0.5) is 0 Å². The third-order valence-electron chi connectivity index (χ3n) is 6.12. The monoisotopic (exact) mass is 520 g/mol. The van der Waals surface area contributed by atoms with E-state index in [1.54, 1.807) is 12.1 Å². The van der Waals surface area contributed by atoms with Crippen LogP contribution in [-0.4, -0.2) is 55.4 Å². The quantitative estimate of drug-likeness (QED) is 0.230. The third kappa shape index (κ3) is 6.14. The van der Waals surface area contributed by atoms with Gasteiger partial charge in [-0.05, 0) is 79.6 Å². The van der Waals surface area contributed by atoms with Gasteiger partial charge in [-0.1, -0.05) is 30.0 Å². The summed E-state index contributed by atoms with van der Waals surface area (Å²) in [6, 6.07) is 20.3. The number of aliphatic hydroxyl groups is 1. The van der Waals surface area contributed by atoms with Crippen LogP contribution in [0.25, 0.3) is 22.3 Å². The van der Waals surface area contributed by atoms with E-state index in [1.807, 2.05) is 74.6 Å². The highest BCUT2D eigenvalue weighted by molar-refractivity contribution is 5.97. The van der Waals surface area contributed by atoms with E-state index in [-0.39, 0.29) is 18.6 Å². The Balaban J connectivity index is 1.35. The van der Waals surface area contributed by atoms with Gasteiger partial charge in [0, 0.05) is 33.8 Å². The number of para-hydroxylation sites is 1. The summed E-state index contributed by atoms with van der Waals surface area (Å²) in [7, 11) is 0.